The summed E-state index contributed by atoms with van der Waals surface area (Å²) in [4.78, 5) is 12.2. The number of sulfonamides is 1. The van der Waals surface area contributed by atoms with E-state index in [1.165, 1.54) is 36.4 Å². The third-order valence-electron chi connectivity index (χ3n) is 4.80. The van der Waals surface area contributed by atoms with Gasteiger partial charge in [-0.2, -0.15) is 4.31 Å². The number of nitrogens with two attached hydrogens (primary N) is 1. The summed E-state index contributed by atoms with van der Waals surface area (Å²) in [5.74, 6) is -0.0143. The SMILES string of the molecule is CCCCCCCCCCS(=O)(=O)N1CCCC1C(=O)NCCCN. The van der Waals surface area contributed by atoms with Gasteiger partial charge < -0.3 is 11.1 Å². The van der Waals surface area contributed by atoms with E-state index in [0.717, 1.165) is 19.3 Å². The maximum atomic E-state index is 12.6. The van der Waals surface area contributed by atoms with Crippen LogP contribution in [0, 0.1) is 0 Å². The lowest BCUT2D eigenvalue weighted by molar-refractivity contribution is -0.124. The molecule has 1 heterocycles. The molecule has 1 fully saturated rings. The van der Waals surface area contributed by atoms with Crippen molar-refractivity contribution in [2.45, 2.75) is 83.6 Å². The average Bonchev–Trinajstić information content (AvgIpc) is 3.08. The molecule has 1 aliphatic heterocycles. The first-order chi connectivity index (χ1) is 12.0. The normalized spacial score (nSPS) is 18.6. The predicted molar refractivity (Wildman–Crippen MR) is 103 cm³/mol. The first-order valence-electron chi connectivity index (χ1n) is 10.00. The number of nitrogens with zero attached hydrogens (tertiary/aromatic N) is 1. The van der Waals surface area contributed by atoms with Crippen LogP contribution in [0.15, 0.2) is 0 Å². The molecule has 1 saturated heterocycles. The first kappa shape index (κ1) is 22.4. The molecule has 148 valence electrons. The number of amides is 1. The van der Waals surface area contributed by atoms with Crippen molar-refractivity contribution in [3.8, 4) is 0 Å². The Morgan fingerprint density at radius 1 is 1.08 bits per heavy atom. The standard InChI is InChI=1S/C18H37N3O3S/c1-2-3-4-5-6-7-8-9-16-25(23,24)21-15-10-12-17(21)18(22)20-14-11-13-19/h17H,2-16,19H2,1H3,(H,20,22). The molecule has 0 aromatic rings. The van der Waals surface area contributed by atoms with E-state index in [2.05, 4.69) is 12.2 Å². The summed E-state index contributed by atoms with van der Waals surface area (Å²) in [5.41, 5.74) is 5.42. The van der Waals surface area contributed by atoms with Gasteiger partial charge >= 0.3 is 0 Å². The number of rotatable bonds is 14. The molecule has 0 aromatic heterocycles. The quantitative estimate of drug-likeness (QED) is 0.456. The van der Waals surface area contributed by atoms with E-state index in [4.69, 9.17) is 5.73 Å². The Morgan fingerprint density at radius 2 is 1.72 bits per heavy atom. The van der Waals surface area contributed by atoms with Gasteiger partial charge in [0.25, 0.3) is 0 Å². The van der Waals surface area contributed by atoms with E-state index in [1.807, 2.05) is 0 Å². The lowest BCUT2D eigenvalue weighted by Crippen LogP contribution is -2.46. The van der Waals surface area contributed by atoms with Crippen LogP contribution >= 0.6 is 0 Å². The van der Waals surface area contributed by atoms with Crippen LogP contribution in [-0.4, -0.2) is 50.1 Å². The van der Waals surface area contributed by atoms with Crippen LogP contribution in [0.1, 0.15) is 77.6 Å². The van der Waals surface area contributed by atoms with Gasteiger partial charge in [-0.25, -0.2) is 8.42 Å². The smallest absolute Gasteiger partial charge is 0.238 e. The van der Waals surface area contributed by atoms with Gasteiger partial charge in [0, 0.05) is 13.1 Å². The molecule has 0 aliphatic carbocycles. The van der Waals surface area contributed by atoms with Gasteiger partial charge in [-0.1, -0.05) is 51.9 Å². The summed E-state index contributed by atoms with van der Waals surface area (Å²) in [5, 5.41) is 2.80. The Labute approximate surface area is 154 Å². The molecule has 1 aliphatic rings. The minimum atomic E-state index is -3.34. The Hall–Kier alpha value is -0.660. The number of nitrogens with one attached hydrogen (secondary N) is 1. The van der Waals surface area contributed by atoms with Crippen molar-refractivity contribution in [1.29, 1.82) is 0 Å². The second kappa shape index (κ2) is 12.7. The topological polar surface area (TPSA) is 92.5 Å². The molecular formula is C18H37N3O3S. The molecule has 1 amide bonds. The predicted octanol–water partition coefficient (Wildman–Crippen LogP) is 2.39. The molecule has 1 rings (SSSR count). The number of carbonyl (C=O) groups is 1. The molecule has 7 heteroatoms. The molecule has 0 radical (unpaired) electrons. The van der Waals surface area contributed by atoms with E-state index >= 15 is 0 Å². The van der Waals surface area contributed by atoms with Gasteiger partial charge in [-0.05, 0) is 32.2 Å². The van der Waals surface area contributed by atoms with E-state index in [9.17, 15) is 13.2 Å². The zero-order chi connectivity index (χ0) is 18.5. The van der Waals surface area contributed by atoms with E-state index in [1.54, 1.807) is 0 Å². The maximum Gasteiger partial charge on any atom is 0.238 e. The molecule has 1 unspecified atom stereocenters. The minimum absolute atomic E-state index is 0.161. The highest BCUT2D eigenvalue weighted by molar-refractivity contribution is 7.89. The zero-order valence-corrected chi connectivity index (χ0v) is 16.7. The fraction of sp³-hybridized carbons (Fsp3) is 0.944. The monoisotopic (exact) mass is 375 g/mol. The van der Waals surface area contributed by atoms with Crippen LogP contribution in [0.2, 0.25) is 0 Å². The van der Waals surface area contributed by atoms with Crippen molar-refractivity contribution in [1.82, 2.24) is 9.62 Å². The molecule has 0 bridgehead atoms. The van der Waals surface area contributed by atoms with Crippen LogP contribution in [0.4, 0.5) is 0 Å². The maximum absolute atomic E-state index is 12.6. The Balaban J connectivity index is 2.31. The van der Waals surface area contributed by atoms with Crippen molar-refractivity contribution in [3.63, 3.8) is 0 Å². The largest absolute Gasteiger partial charge is 0.355 e. The highest BCUT2D eigenvalue weighted by Gasteiger charge is 2.37. The third-order valence-corrected chi connectivity index (χ3v) is 6.76. The van der Waals surface area contributed by atoms with Gasteiger partial charge in [0.05, 0.1) is 5.75 Å². The average molecular weight is 376 g/mol. The highest BCUT2D eigenvalue weighted by Crippen LogP contribution is 2.22. The van der Waals surface area contributed by atoms with E-state index in [-0.39, 0.29) is 11.7 Å². The molecule has 1 atom stereocenters. The second-order valence-electron chi connectivity index (χ2n) is 6.99. The third kappa shape index (κ3) is 8.51. The second-order valence-corrected chi connectivity index (χ2v) is 9.03. The van der Waals surface area contributed by atoms with Crippen molar-refractivity contribution in [3.05, 3.63) is 0 Å². The van der Waals surface area contributed by atoms with Crippen molar-refractivity contribution in [2.75, 3.05) is 25.4 Å². The Morgan fingerprint density at radius 3 is 2.36 bits per heavy atom. The zero-order valence-electron chi connectivity index (χ0n) is 15.8. The summed E-state index contributed by atoms with van der Waals surface area (Å²) in [6, 6.07) is -0.531. The lowest BCUT2D eigenvalue weighted by Gasteiger charge is -2.23. The molecular weight excluding hydrogens is 338 g/mol. The number of unbranched alkanes of at least 4 members (excludes halogenated alkanes) is 7. The fourth-order valence-corrected chi connectivity index (χ4v) is 5.10. The van der Waals surface area contributed by atoms with Gasteiger partial charge in [-0.3, -0.25) is 4.79 Å². The van der Waals surface area contributed by atoms with Gasteiger partial charge in [0.1, 0.15) is 6.04 Å². The van der Waals surface area contributed by atoms with Gasteiger partial charge in [0.15, 0.2) is 0 Å². The first-order valence-corrected chi connectivity index (χ1v) is 11.6. The summed E-state index contributed by atoms with van der Waals surface area (Å²) in [6.07, 6.45) is 11.1. The highest BCUT2D eigenvalue weighted by atomic mass is 32.2. The molecule has 0 saturated carbocycles. The van der Waals surface area contributed by atoms with Crippen LogP contribution in [0.3, 0.4) is 0 Å². The van der Waals surface area contributed by atoms with Crippen molar-refractivity contribution < 1.29 is 13.2 Å². The van der Waals surface area contributed by atoms with Gasteiger partial charge in [0.2, 0.25) is 15.9 Å². The molecule has 0 aromatic carbocycles. The van der Waals surface area contributed by atoms with E-state index in [0.29, 0.717) is 38.9 Å². The molecule has 25 heavy (non-hydrogen) atoms. The van der Waals surface area contributed by atoms with Crippen LogP contribution < -0.4 is 11.1 Å². The number of hydrogen-bond donors (Lipinski definition) is 2. The minimum Gasteiger partial charge on any atom is -0.355 e. The molecule has 6 nitrogen and oxygen atoms in total. The lowest BCUT2D eigenvalue weighted by atomic mass is 10.1. The van der Waals surface area contributed by atoms with Crippen molar-refractivity contribution >= 4 is 15.9 Å². The van der Waals surface area contributed by atoms with E-state index < -0.39 is 16.1 Å². The van der Waals surface area contributed by atoms with Crippen LogP contribution in [0.5, 0.6) is 0 Å². The number of hydrogen-bond acceptors (Lipinski definition) is 4. The Bertz CT molecular complexity index is 468. The van der Waals surface area contributed by atoms with Crippen LogP contribution in [-0.2, 0) is 14.8 Å². The summed E-state index contributed by atoms with van der Waals surface area (Å²) >= 11 is 0. The number of carbonyl (C=O) groups excluding carboxylic acids is 1. The van der Waals surface area contributed by atoms with Crippen molar-refractivity contribution in [2.24, 2.45) is 5.73 Å². The molecule has 0 spiro atoms. The fourth-order valence-electron chi connectivity index (χ4n) is 3.30. The van der Waals surface area contributed by atoms with Gasteiger partial charge in [-0.15, -0.1) is 0 Å². The summed E-state index contributed by atoms with van der Waals surface area (Å²) in [7, 11) is -3.34. The summed E-state index contributed by atoms with van der Waals surface area (Å²) in [6.45, 7) is 3.70. The summed E-state index contributed by atoms with van der Waals surface area (Å²) < 4.78 is 26.6. The molecule has 3 N–H and O–H groups in total. The van der Waals surface area contributed by atoms with Crippen LogP contribution in [0.25, 0.3) is 0 Å². The Kier molecular flexibility index (Phi) is 11.3.